The SMILES string of the molecule is C[C@@H](c1cc(-c2ccccc2)n[nH]1)N(C)C(=O)c1cnc(-c2cccnc2)nc1. The van der Waals surface area contributed by atoms with E-state index < -0.39 is 0 Å². The fourth-order valence-electron chi connectivity index (χ4n) is 2.98. The lowest BCUT2D eigenvalue weighted by atomic mass is 10.1. The number of pyridine rings is 1. The van der Waals surface area contributed by atoms with E-state index in [0.29, 0.717) is 11.4 Å². The maximum absolute atomic E-state index is 12.9. The molecule has 0 bridgehead atoms. The maximum atomic E-state index is 12.9. The van der Waals surface area contributed by atoms with Crippen molar-refractivity contribution in [3.05, 3.63) is 84.6 Å². The number of nitrogens with zero attached hydrogens (tertiary/aromatic N) is 5. The van der Waals surface area contributed by atoms with Crippen molar-refractivity contribution in [1.82, 2.24) is 30.0 Å². The van der Waals surface area contributed by atoms with Gasteiger partial charge in [0, 0.05) is 43.0 Å². The molecule has 0 radical (unpaired) electrons. The van der Waals surface area contributed by atoms with E-state index in [4.69, 9.17) is 0 Å². The summed E-state index contributed by atoms with van der Waals surface area (Å²) in [5, 5.41) is 7.41. The Morgan fingerprint density at radius 2 is 1.72 bits per heavy atom. The van der Waals surface area contributed by atoms with Crippen molar-refractivity contribution in [1.29, 1.82) is 0 Å². The van der Waals surface area contributed by atoms with Gasteiger partial charge in [-0.1, -0.05) is 30.3 Å². The number of hydrogen-bond donors (Lipinski definition) is 1. The molecule has 144 valence electrons. The molecule has 1 atom stereocenters. The van der Waals surface area contributed by atoms with Crippen LogP contribution in [-0.2, 0) is 0 Å². The zero-order chi connectivity index (χ0) is 20.2. The van der Waals surface area contributed by atoms with Crippen molar-refractivity contribution in [2.75, 3.05) is 7.05 Å². The summed E-state index contributed by atoms with van der Waals surface area (Å²) in [6, 6.07) is 15.4. The smallest absolute Gasteiger partial charge is 0.257 e. The molecule has 0 aliphatic carbocycles. The molecule has 0 saturated carbocycles. The molecule has 1 amide bonds. The molecule has 4 rings (SSSR count). The lowest BCUT2D eigenvalue weighted by molar-refractivity contribution is 0.0739. The highest BCUT2D eigenvalue weighted by Crippen LogP contribution is 2.24. The van der Waals surface area contributed by atoms with E-state index in [-0.39, 0.29) is 11.9 Å². The van der Waals surface area contributed by atoms with Gasteiger partial charge in [-0.3, -0.25) is 14.9 Å². The minimum atomic E-state index is -0.189. The Morgan fingerprint density at radius 3 is 2.41 bits per heavy atom. The van der Waals surface area contributed by atoms with Crippen LogP contribution in [0.4, 0.5) is 0 Å². The van der Waals surface area contributed by atoms with Gasteiger partial charge in [-0.25, -0.2) is 9.97 Å². The van der Waals surface area contributed by atoms with E-state index in [1.54, 1.807) is 36.7 Å². The zero-order valence-electron chi connectivity index (χ0n) is 16.1. The van der Waals surface area contributed by atoms with E-state index in [1.165, 1.54) is 0 Å². The number of nitrogens with one attached hydrogen (secondary N) is 1. The average Bonchev–Trinajstić information content (AvgIpc) is 3.29. The van der Waals surface area contributed by atoms with Gasteiger partial charge in [-0.2, -0.15) is 5.10 Å². The summed E-state index contributed by atoms with van der Waals surface area (Å²) in [7, 11) is 1.76. The van der Waals surface area contributed by atoms with E-state index in [2.05, 4.69) is 25.1 Å². The lowest BCUT2D eigenvalue weighted by Gasteiger charge is -2.23. The Hall–Kier alpha value is -3.87. The molecule has 7 heteroatoms. The van der Waals surface area contributed by atoms with Crippen LogP contribution in [0.15, 0.2) is 73.3 Å². The lowest BCUT2D eigenvalue weighted by Crippen LogP contribution is -2.30. The molecule has 0 aliphatic rings. The third-order valence-corrected chi connectivity index (χ3v) is 4.84. The molecule has 3 aromatic heterocycles. The van der Waals surface area contributed by atoms with Crippen molar-refractivity contribution < 1.29 is 4.79 Å². The summed E-state index contributed by atoms with van der Waals surface area (Å²) in [6.45, 7) is 1.95. The van der Waals surface area contributed by atoms with Crippen molar-refractivity contribution >= 4 is 5.91 Å². The number of amides is 1. The van der Waals surface area contributed by atoms with Gasteiger partial charge in [0.05, 0.1) is 23.0 Å². The summed E-state index contributed by atoms with van der Waals surface area (Å²) in [5.74, 6) is 0.373. The van der Waals surface area contributed by atoms with Crippen LogP contribution in [-0.4, -0.2) is 43.0 Å². The number of carbonyl (C=O) groups excluding carboxylic acids is 1. The van der Waals surface area contributed by atoms with E-state index >= 15 is 0 Å². The van der Waals surface area contributed by atoms with Crippen molar-refractivity contribution in [3.63, 3.8) is 0 Å². The van der Waals surface area contributed by atoms with Crippen molar-refractivity contribution in [3.8, 4) is 22.6 Å². The second-order valence-corrected chi connectivity index (χ2v) is 6.70. The van der Waals surface area contributed by atoms with Crippen LogP contribution >= 0.6 is 0 Å². The number of aromatic amines is 1. The van der Waals surface area contributed by atoms with Gasteiger partial charge < -0.3 is 4.90 Å². The van der Waals surface area contributed by atoms with Crippen LogP contribution in [0.3, 0.4) is 0 Å². The zero-order valence-corrected chi connectivity index (χ0v) is 16.1. The van der Waals surface area contributed by atoms with Gasteiger partial charge in [0.1, 0.15) is 0 Å². The van der Waals surface area contributed by atoms with Gasteiger partial charge in [-0.05, 0) is 25.1 Å². The van der Waals surface area contributed by atoms with Gasteiger partial charge in [0.25, 0.3) is 5.91 Å². The first kappa shape index (κ1) is 18.5. The number of rotatable bonds is 5. The molecule has 4 aromatic rings. The monoisotopic (exact) mass is 384 g/mol. The summed E-state index contributed by atoms with van der Waals surface area (Å²) in [4.78, 5) is 27.2. The van der Waals surface area contributed by atoms with Gasteiger partial charge in [-0.15, -0.1) is 0 Å². The molecule has 0 unspecified atom stereocenters. The minimum absolute atomic E-state index is 0.161. The van der Waals surface area contributed by atoms with Crippen LogP contribution in [0.1, 0.15) is 29.0 Å². The van der Waals surface area contributed by atoms with Crippen LogP contribution in [0.25, 0.3) is 22.6 Å². The number of carbonyl (C=O) groups is 1. The number of H-pyrrole nitrogens is 1. The fraction of sp³-hybridized carbons (Fsp3) is 0.136. The summed E-state index contributed by atoms with van der Waals surface area (Å²) >= 11 is 0. The molecule has 3 heterocycles. The van der Waals surface area contributed by atoms with Crippen molar-refractivity contribution in [2.24, 2.45) is 0 Å². The third-order valence-electron chi connectivity index (χ3n) is 4.84. The fourth-order valence-corrected chi connectivity index (χ4v) is 2.98. The summed E-state index contributed by atoms with van der Waals surface area (Å²) < 4.78 is 0. The largest absolute Gasteiger partial charge is 0.333 e. The molecular formula is C22H20N6O. The molecule has 29 heavy (non-hydrogen) atoms. The Kier molecular flexibility index (Phi) is 5.11. The number of benzene rings is 1. The quantitative estimate of drug-likeness (QED) is 0.566. The molecule has 1 aromatic carbocycles. The van der Waals surface area contributed by atoms with Gasteiger partial charge in [0.2, 0.25) is 0 Å². The van der Waals surface area contributed by atoms with Gasteiger partial charge >= 0.3 is 0 Å². The molecule has 0 fully saturated rings. The van der Waals surface area contributed by atoms with Crippen molar-refractivity contribution in [2.45, 2.75) is 13.0 Å². The molecule has 0 aliphatic heterocycles. The Balaban J connectivity index is 1.49. The molecule has 0 saturated heterocycles. The highest BCUT2D eigenvalue weighted by atomic mass is 16.2. The number of aromatic nitrogens is 5. The molecule has 0 spiro atoms. The maximum Gasteiger partial charge on any atom is 0.257 e. The summed E-state index contributed by atoms with van der Waals surface area (Å²) in [5.41, 5.74) is 3.95. The summed E-state index contributed by atoms with van der Waals surface area (Å²) in [6.07, 6.45) is 6.47. The van der Waals surface area contributed by atoms with Crippen LogP contribution in [0, 0.1) is 0 Å². The van der Waals surface area contributed by atoms with Crippen LogP contribution < -0.4 is 0 Å². The Labute approximate surface area is 168 Å². The Morgan fingerprint density at radius 1 is 1.00 bits per heavy atom. The highest BCUT2D eigenvalue weighted by molar-refractivity contribution is 5.93. The predicted molar refractivity (Wildman–Crippen MR) is 110 cm³/mol. The number of hydrogen-bond acceptors (Lipinski definition) is 5. The van der Waals surface area contributed by atoms with Crippen LogP contribution in [0.5, 0.6) is 0 Å². The van der Waals surface area contributed by atoms with E-state index in [1.807, 2.05) is 55.5 Å². The first-order chi connectivity index (χ1) is 14.1. The predicted octanol–water partition coefficient (Wildman–Crippen LogP) is 3.76. The molecule has 1 N–H and O–H groups in total. The van der Waals surface area contributed by atoms with E-state index in [9.17, 15) is 4.79 Å². The first-order valence-corrected chi connectivity index (χ1v) is 9.24. The second-order valence-electron chi connectivity index (χ2n) is 6.70. The normalized spacial score (nSPS) is 11.8. The Bertz CT molecular complexity index is 1090. The second kappa shape index (κ2) is 8.02. The average molecular weight is 384 g/mol. The topological polar surface area (TPSA) is 87.7 Å². The molecular weight excluding hydrogens is 364 g/mol. The van der Waals surface area contributed by atoms with E-state index in [0.717, 1.165) is 22.5 Å². The standard InChI is InChI=1S/C22H20N6O/c1-15(19-11-20(27-26-19)16-7-4-3-5-8-16)28(2)22(29)18-13-24-21(25-14-18)17-9-6-10-23-12-17/h3-15H,1-2H3,(H,26,27)/t15-/m0/s1. The van der Waals surface area contributed by atoms with Gasteiger partial charge in [0.15, 0.2) is 5.82 Å². The molecule has 7 nitrogen and oxygen atoms in total. The van der Waals surface area contributed by atoms with Crippen LogP contribution in [0.2, 0.25) is 0 Å². The highest BCUT2D eigenvalue weighted by Gasteiger charge is 2.21. The first-order valence-electron chi connectivity index (χ1n) is 9.24. The minimum Gasteiger partial charge on any atom is -0.333 e. The third kappa shape index (κ3) is 3.89.